The minimum Gasteiger partial charge on any atom is -0.252 e. The summed E-state index contributed by atoms with van der Waals surface area (Å²) in [6.07, 6.45) is 0. The first-order valence-electron chi connectivity index (χ1n) is 7.52. The molecule has 0 atom stereocenters. The van der Waals surface area contributed by atoms with Gasteiger partial charge in [0.05, 0.1) is 11.4 Å². The lowest BCUT2D eigenvalue weighted by Gasteiger charge is -2.04. The molecule has 0 aliphatic heterocycles. The summed E-state index contributed by atoms with van der Waals surface area (Å²) in [5, 5.41) is 7.30. The van der Waals surface area contributed by atoms with Gasteiger partial charge >= 0.3 is 0 Å². The molecule has 3 rings (SSSR count). The Bertz CT molecular complexity index is 835. The van der Waals surface area contributed by atoms with Crippen LogP contribution in [-0.4, -0.2) is 10.7 Å². The van der Waals surface area contributed by atoms with Gasteiger partial charge in [-0.1, -0.05) is 48.0 Å². The summed E-state index contributed by atoms with van der Waals surface area (Å²) in [5.74, 6) is 0. The van der Waals surface area contributed by atoms with E-state index >= 15 is 0 Å². The van der Waals surface area contributed by atoms with Crippen LogP contribution in [0.5, 0.6) is 0 Å². The summed E-state index contributed by atoms with van der Waals surface area (Å²) >= 11 is 1.57. The number of aryl methyl sites for hydroxylation is 2. The Morgan fingerprint density at radius 2 is 1.87 bits per heavy atom. The molecule has 1 heterocycles. The molecule has 0 aliphatic rings. The third-order valence-corrected chi connectivity index (χ3v) is 4.43. The number of aromatic nitrogens is 1. The number of rotatable bonds is 4. The second-order valence-corrected chi connectivity index (χ2v) is 6.39. The van der Waals surface area contributed by atoms with E-state index in [0.717, 1.165) is 22.1 Å². The highest BCUT2D eigenvalue weighted by Gasteiger charge is 2.07. The van der Waals surface area contributed by atoms with Crippen LogP contribution in [0.1, 0.15) is 23.6 Å². The zero-order chi connectivity index (χ0) is 16.2. The monoisotopic (exact) mass is 321 g/mol. The zero-order valence-electron chi connectivity index (χ0n) is 13.5. The quantitative estimate of drug-likeness (QED) is 0.525. The number of hydrogen-bond acceptors (Lipinski definition) is 4. The predicted molar refractivity (Wildman–Crippen MR) is 99.3 cm³/mol. The van der Waals surface area contributed by atoms with Crippen molar-refractivity contribution in [3.8, 4) is 11.3 Å². The predicted octanol–water partition coefficient (Wildman–Crippen LogP) is 5.26. The van der Waals surface area contributed by atoms with Crippen LogP contribution in [0.25, 0.3) is 11.3 Å². The largest absolute Gasteiger partial charge is 0.252 e. The summed E-state index contributed by atoms with van der Waals surface area (Å²) in [5.41, 5.74) is 9.75. The molecule has 0 spiro atoms. The van der Waals surface area contributed by atoms with Gasteiger partial charge in [-0.3, -0.25) is 5.43 Å². The van der Waals surface area contributed by atoms with Crippen molar-refractivity contribution in [2.45, 2.75) is 20.8 Å². The molecule has 0 saturated heterocycles. The summed E-state index contributed by atoms with van der Waals surface area (Å²) in [6.45, 7) is 6.20. The number of hydrogen-bond donors (Lipinski definition) is 1. The third kappa shape index (κ3) is 3.66. The Balaban J connectivity index is 1.79. The highest BCUT2D eigenvalue weighted by molar-refractivity contribution is 7.14. The summed E-state index contributed by atoms with van der Waals surface area (Å²) in [6, 6.07) is 16.5. The van der Waals surface area contributed by atoms with Gasteiger partial charge in [-0.2, -0.15) is 5.10 Å². The topological polar surface area (TPSA) is 37.3 Å². The van der Waals surface area contributed by atoms with Gasteiger partial charge in [0.15, 0.2) is 0 Å². The van der Waals surface area contributed by atoms with E-state index < -0.39 is 0 Å². The van der Waals surface area contributed by atoms with E-state index in [1.165, 1.54) is 16.7 Å². The van der Waals surface area contributed by atoms with Crippen LogP contribution in [0.15, 0.2) is 59.0 Å². The van der Waals surface area contributed by atoms with Crippen LogP contribution in [0.4, 0.5) is 5.13 Å². The highest BCUT2D eigenvalue weighted by atomic mass is 32.1. The van der Waals surface area contributed by atoms with Crippen LogP contribution < -0.4 is 5.43 Å². The first-order chi connectivity index (χ1) is 11.1. The molecule has 116 valence electrons. The zero-order valence-corrected chi connectivity index (χ0v) is 14.3. The molecule has 3 nitrogen and oxygen atoms in total. The summed E-state index contributed by atoms with van der Waals surface area (Å²) in [7, 11) is 0. The molecule has 0 aliphatic carbocycles. The molecule has 23 heavy (non-hydrogen) atoms. The van der Waals surface area contributed by atoms with E-state index in [0.29, 0.717) is 0 Å². The van der Waals surface area contributed by atoms with Gasteiger partial charge in [-0.15, -0.1) is 11.3 Å². The molecular weight excluding hydrogens is 302 g/mol. The lowest BCUT2D eigenvalue weighted by Crippen LogP contribution is -1.99. The molecule has 4 heteroatoms. The Morgan fingerprint density at radius 1 is 1.09 bits per heavy atom. The molecule has 2 aromatic carbocycles. The first kappa shape index (κ1) is 15.4. The van der Waals surface area contributed by atoms with Gasteiger partial charge in [-0.25, -0.2) is 4.98 Å². The van der Waals surface area contributed by atoms with Gasteiger partial charge in [0.1, 0.15) is 0 Å². The molecule has 0 fully saturated rings. The van der Waals surface area contributed by atoms with Crippen molar-refractivity contribution in [2.24, 2.45) is 5.10 Å². The second kappa shape index (κ2) is 6.75. The highest BCUT2D eigenvalue weighted by Crippen LogP contribution is 2.28. The molecular formula is C19H19N3S. The number of nitrogens with zero attached hydrogens (tertiary/aromatic N) is 2. The normalized spacial score (nSPS) is 11.5. The van der Waals surface area contributed by atoms with Crippen molar-refractivity contribution in [2.75, 3.05) is 5.43 Å². The maximum atomic E-state index is 4.65. The molecule has 0 unspecified atom stereocenters. The fourth-order valence-corrected chi connectivity index (χ4v) is 2.99. The fourth-order valence-electron chi connectivity index (χ4n) is 2.34. The Kier molecular flexibility index (Phi) is 4.53. The van der Waals surface area contributed by atoms with E-state index in [4.69, 9.17) is 0 Å². The van der Waals surface area contributed by atoms with Crippen LogP contribution in [-0.2, 0) is 0 Å². The van der Waals surface area contributed by atoms with Gasteiger partial charge < -0.3 is 0 Å². The number of nitrogens with one attached hydrogen (secondary N) is 1. The fraction of sp³-hybridized carbons (Fsp3) is 0.158. The average Bonchev–Trinajstić information content (AvgIpc) is 3.04. The van der Waals surface area contributed by atoms with E-state index in [2.05, 4.69) is 52.9 Å². The lowest BCUT2D eigenvalue weighted by atomic mass is 10.0. The molecule has 0 saturated carbocycles. The maximum absolute atomic E-state index is 4.65. The third-order valence-electron chi connectivity index (χ3n) is 3.68. The molecule has 1 aromatic heterocycles. The van der Waals surface area contributed by atoms with E-state index in [1.54, 1.807) is 11.3 Å². The minimum atomic E-state index is 0.802. The Morgan fingerprint density at radius 3 is 2.65 bits per heavy atom. The van der Waals surface area contributed by atoms with Crippen LogP contribution in [0, 0.1) is 13.8 Å². The second-order valence-electron chi connectivity index (χ2n) is 5.53. The molecule has 0 amide bonds. The summed E-state index contributed by atoms with van der Waals surface area (Å²) in [4.78, 5) is 4.65. The standard InChI is InChI=1S/C19H19N3S/c1-13-9-10-14(2)17(11-13)18-12-23-19(20-18)22-21-15(3)16-7-5-4-6-8-16/h4-12H,1-3H3,(H,20,22)/b21-15-. The average molecular weight is 321 g/mol. The van der Waals surface area contributed by atoms with E-state index in [9.17, 15) is 0 Å². The van der Waals surface area contributed by atoms with Crippen molar-refractivity contribution in [1.82, 2.24) is 4.98 Å². The van der Waals surface area contributed by atoms with Crippen molar-refractivity contribution in [3.63, 3.8) is 0 Å². The maximum Gasteiger partial charge on any atom is 0.203 e. The first-order valence-corrected chi connectivity index (χ1v) is 8.40. The molecule has 3 aromatic rings. The van der Waals surface area contributed by atoms with Crippen molar-refractivity contribution in [3.05, 3.63) is 70.6 Å². The number of hydrazone groups is 1. The molecule has 0 radical (unpaired) electrons. The minimum absolute atomic E-state index is 0.802. The van der Waals surface area contributed by atoms with Crippen molar-refractivity contribution in [1.29, 1.82) is 0 Å². The number of anilines is 1. The van der Waals surface area contributed by atoms with Gasteiger partial charge in [-0.05, 0) is 38.0 Å². The van der Waals surface area contributed by atoms with Crippen LogP contribution in [0.3, 0.4) is 0 Å². The van der Waals surface area contributed by atoms with Gasteiger partial charge in [0.25, 0.3) is 0 Å². The molecule has 0 bridgehead atoms. The SMILES string of the molecule is C/C(=N/Nc1nc(-c2cc(C)ccc2C)cs1)c1ccccc1. The Hall–Kier alpha value is -2.46. The smallest absolute Gasteiger partial charge is 0.203 e. The number of benzene rings is 2. The van der Waals surface area contributed by atoms with Gasteiger partial charge in [0, 0.05) is 10.9 Å². The van der Waals surface area contributed by atoms with Gasteiger partial charge in [0.2, 0.25) is 5.13 Å². The van der Waals surface area contributed by atoms with Crippen LogP contribution in [0.2, 0.25) is 0 Å². The lowest BCUT2D eigenvalue weighted by molar-refractivity contribution is 1.26. The van der Waals surface area contributed by atoms with E-state index in [1.807, 2.05) is 37.3 Å². The van der Waals surface area contributed by atoms with Crippen molar-refractivity contribution < 1.29 is 0 Å². The van der Waals surface area contributed by atoms with E-state index in [-0.39, 0.29) is 0 Å². The molecule has 1 N–H and O–H groups in total. The summed E-state index contributed by atoms with van der Waals surface area (Å²) < 4.78 is 0. The van der Waals surface area contributed by atoms with Crippen molar-refractivity contribution >= 4 is 22.2 Å². The Labute approximate surface area is 140 Å². The number of thiazole rings is 1. The van der Waals surface area contributed by atoms with Crippen LogP contribution >= 0.6 is 11.3 Å².